The Morgan fingerprint density at radius 2 is 2.20 bits per heavy atom. The molecule has 56 valence electrons. The fourth-order valence-electron chi connectivity index (χ4n) is 0.500. The molecule has 0 aliphatic heterocycles. The molecule has 0 unspecified atom stereocenters. The molecule has 0 saturated heterocycles. The van der Waals surface area contributed by atoms with Crippen LogP contribution in [0.4, 0.5) is 0 Å². The molecule has 0 fully saturated rings. The van der Waals surface area contributed by atoms with Gasteiger partial charge in [0.25, 0.3) is 0 Å². The summed E-state index contributed by atoms with van der Waals surface area (Å²) in [6.07, 6.45) is 3.17. The molecule has 0 radical (unpaired) electrons. The smallest absolute Gasteiger partial charge is 0.234 e. The molecule has 3 nitrogen and oxygen atoms in total. The number of aliphatic imine (C=N–C) groups is 1. The van der Waals surface area contributed by atoms with E-state index in [0.29, 0.717) is 25.8 Å². The van der Waals surface area contributed by atoms with Gasteiger partial charge in [0.2, 0.25) is 11.3 Å². The monoisotopic (exact) mass is 161 g/mol. The Bertz CT molecular complexity index is 148. The Labute approximate surface area is 64.1 Å². The first-order valence-corrected chi connectivity index (χ1v) is 3.37. The van der Waals surface area contributed by atoms with Gasteiger partial charge in [-0.05, 0) is 24.4 Å². The Morgan fingerprint density at radius 1 is 1.50 bits per heavy atom. The molecule has 0 aromatic heterocycles. The lowest BCUT2D eigenvalue weighted by Crippen LogP contribution is -1.87. The van der Waals surface area contributed by atoms with Crippen molar-refractivity contribution >= 4 is 22.9 Å². The summed E-state index contributed by atoms with van der Waals surface area (Å²) in [7, 11) is 0. The molecule has 0 bridgehead atoms. The molecule has 0 aromatic carbocycles. The molecule has 0 spiro atoms. The van der Waals surface area contributed by atoms with Gasteiger partial charge in [0.05, 0.1) is 6.54 Å². The predicted molar refractivity (Wildman–Crippen MR) is 37.7 cm³/mol. The molecule has 0 heterocycles. The SMILES string of the molecule is O=C=NCCCCC(=O)Cl. The summed E-state index contributed by atoms with van der Waals surface area (Å²) in [5, 5.41) is -0.338. The zero-order valence-electron chi connectivity index (χ0n) is 5.47. The van der Waals surface area contributed by atoms with Gasteiger partial charge >= 0.3 is 0 Å². The lowest BCUT2D eigenvalue weighted by Gasteiger charge is -1.89. The van der Waals surface area contributed by atoms with Crippen molar-refractivity contribution in [1.82, 2.24) is 0 Å². The van der Waals surface area contributed by atoms with E-state index in [4.69, 9.17) is 11.6 Å². The molecule has 0 atom stereocenters. The first-order valence-electron chi connectivity index (χ1n) is 2.99. The van der Waals surface area contributed by atoms with Crippen LogP contribution in [-0.2, 0) is 9.59 Å². The predicted octanol–water partition coefficient (Wildman–Crippen LogP) is 1.26. The maximum Gasteiger partial charge on any atom is 0.234 e. The molecule has 0 amide bonds. The number of rotatable bonds is 5. The van der Waals surface area contributed by atoms with E-state index in [2.05, 4.69) is 4.99 Å². The Hall–Kier alpha value is -0.660. The number of halogens is 1. The molecule has 0 aliphatic rings. The second-order valence-corrected chi connectivity index (χ2v) is 2.21. The molecule has 0 N–H and O–H groups in total. The first-order chi connectivity index (χ1) is 4.77. The van der Waals surface area contributed by atoms with Crippen LogP contribution < -0.4 is 0 Å². The van der Waals surface area contributed by atoms with E-state index >= 15 is 0 Å². The summed E-state index contributed by atoms with van der Waals surface area (Å²) >= 11 is 5.04. The third kappa shape index (κ3) is 7.34. The van der Waals surface area contributed by atoms with E-state index in [1.54, 1.807) is 0 Å². The maximum absolute atomic E-state index is 10.1. The zero-order valence-corrected chi connectivity index (χ0v) is 6.23. The van der Waals surface area contributed by atoms with Crippen molar-refractivity contribution in [2.75, 3.05) is 6.54 Å². The largest absolute Gasteiger partial charge is 0.281 e. The molecule has 0 aliphatic carbocycles. The second-order valence-electron chi connectivity index (χ2n) is 1.79. The average Bonchev–Trinajstić information content (AvgIpc) is 1.87. The van der Waals surface area contributed by atoms with Gasteiger partial charge < -0.3 is 0 Å². The van der Waals surface area contributed by atoms with E-state index in [9.17, 15) is 9.59 Å². The highest BCUT2D eigenvalue weighted by Crippen LogP contribution is 1.98. The Kier molecular flexibility index (Phi) is 6.03. The highest BCUT2D eigenvalue weighted by Gasteiger charge is 1.93. The highest BCUT2D eigenvalue weighted by molar-refractivity contribution is 6.63. The van der Waals surface area contributed by atoms with Gasteiger partial charge in [-0.25, -0.2) is 9.79 Å². The van der Waals surface area contributed by atoms with Crippen molar-refractivity contribution in [2.45, 2.75) is 19.3 Å². The van der Waals surface area contributed by atoms with Gasteiger partial charge in [-0.3, -0.25) is 4.79 Å². The van der Waals surface area contributed by atoms with Crippen LogP contribution in [0.25, 0.3) is 0 Å². The number of carbonyl (C=O) groups excluding carboxylic acids is 2. The van der Waals surface area contributed by atoms with Crippen molar-refractivity contribution in [3.8, 4) is 0 Å². The molecule has 4 heteroatoms. The summed E-state index contributed by atoms with van der Waals surface area (Å²) in [6, 6.07) is 0. The van der Waals surface area contributed by atoms with E-state index in [0.717, 1.165) is 0 Å². The molecular formula is C6H8ClNO2. The minimum Gasteiger partial charge on any atom is -0.281 e. The maximum atomic E-state index is 10.1. The summed E-state index contributed by atoms with van der Waals surface area (Å²) < 4.78 is 0. The minimum absolute atomic E-state index is 0.338. The average molecular weight is 162 g/mol. The quantitative estimate of drug-likeness (QED) is 0.264. The third-order valence-corrected chi connectivity index (χ3v) is 1.15. The lowest BCUT2D eigenvalue weighted by molar-refractivity contribution is -0.111. The van der Waals surface area contributed by atoms with Crippen molar-refractivity contribution in [3.05, 3.63) is 0 Å². The molecule has 0 rings (SSSR count). The number of carbonyl (C=O) groups is 1. The van der Waals surface area contributed by atoms with Gasteiger partial charge in [-0.2, -0.15) is 0 Å². The van der Waals surface area contributed by atoms with Crippen LogP contribution in [0.15, 0.2) is 4.99 Å². The van der Waals surface area contributed by atoms with Gasteiger partial charge in [0.1, 0.15) is 0 Å². The number of isocyanates is 1. The number of hydrogen-bond acceptors (Lipinski definition) is 3. The van der Waals surface area contributed by atoms with Crippen molar-refractivity contribution in [1.29, 1.82) is 0 Å². The van der Waals surface area contributed by atoms with Gasteiger partial charge in [-0.15, -0.1) is 0 Å². The summed E-state index contributed by atoms with van der Waals surface area (Å²) in [4.78, 5) is 23.0. The van der Waals surface area contributed by atoms with Crippen LogP contribution in [0, 0.1) is 0 Å². The summed E-state index contributed by atoms with van der Waals surface area (Å²) in [6.45, 7) is 0.438. The topological polar surface area (TPSA) is 46.5 Å². The van der Waals surface area contributed by atoms with Crippen LogP contribution in [0.3, 0.4) is 0 Å². The van der Waals surface area contributed by atoms with Crippen molar-refractivity contribution in [2.24, 2.45) is 4.99 Å². The summed E-state index contributed by atoms with van der Waals surface area (Å²) in [5.74, 6) is 0. The third-order valence-electron chi connectivity index (χ3n) is 0.958. The zero-order chi connectivity index (χ0) is 7.82. The Morgan fingerprint density at radius 3 is 2.70 bits per heavy atom. The van der Waals surface area contributed by atoms with Gasteiger partial charge in [0.15, 0.2) is 0 Å². The fourth-order valence-corrected chi connectivity index (χ4v) is 0.634. The first kappa shape index (κ1) is 9.34. The van der Waals surface area contributed by atoms with Crippen molar-refractivity contribution < 1.29 is 9.59 Å². The molecular weight excluding hydrogens is 154 g/mol. The van der Waals surface area contributed by atoms with E-state index in [1.807, 2.05) is 0 Å². The highest BCUT2D eigenvalue weighted by atomic mass is 35.5. The number of hydrogen-bond donors (Lipinski definition) is 0. The minimum atomic E-state index is -0.338. The van der Waals surface area contributed by atoms with Gasteiger partial charge in [0, 0.05) is 6.42 Å². The van der Waals surface area contributed by atoms with Crippen LogP contribution in [-0.4, -0.2) is 17.9 Å². The standard InChI is InChI=1S/C6H8ClNO2/c7-6(10)3-1-2-4-8-5-9/h1-4H2. The van der Waals surface area contributed by atoms with E-state index < -0.39 is 0 Å². The van der Waals surface area contributed by atoms with Crippen LogP contribution in [0.1, 0.15) is 19.3 Å². The molecule has 0 saturated carbocycles. The Balaban J connectivity index is 3.05. The number of nitrogens with zero attached hydrogens (tertiary/aromatic N) is 1. The van der Waals surface area contributed by atoms with Crippen LogP contribution in [0.5, 0.6) is 0 Å². The lowest BCUT2D eigenvalue weighted by atomic mass is 10.2. The van der Waals surface area contributed by atoms with E-state index in [1.165, 1.54) is 6.08 Å². The van der Waals surface area contributed by atoms with Crippen LogP contribution in [0.2, 0.25) is 0 Å². The normalized spacial score (nSPS) is 8.50. The van der Waals surface area contributed by atoms with Crippen LogP contribution >= 0.6 is 11.6 Å². The molecule has 10 heavy (non-hydrogen) atoms. The molecule has 0 aromatic rings. The fraction of sp³-hybridized carbons (Fsp3) is 0.667. The second kappa shape index (κ2) is 6.46. The van der Waals surface area contributed by atoms with E-state index in [-0.39, 0.29) is 5.24 Å². The summed E-state index contributed by atoms with van der Waals surface area (Å²) in [5.41, 5.74) is 0. The van der Waals surface area contributed by atoms with Gasteiger partial charge in [-0.1, -0.05) is 0 Å². The van der Waals surface area contributed by atoms with Crippen molar-refractivity contribution in [3.63, 3.8) is 0 Å². The number of unbranched alkanes of at least 4 members (excludes halogenated alkanes) is 1.